The number of aliphatic hydroxyl groups is 1. The maximum atomic E-state index is 12.9. The smallest absolute Gasteiger partial charge is 0.268 e. The van der Waals surface area contributed by atoms with E-state index in [1.54, 1.807) is 6.08 Å². The minimum Gasteiger partial charge on any atom is -0.756 e. The number of carbonyl (C=O) groups excluding carboxylic acids is 1. The summed E-state index contributed by atoms with van der Waals surface area (Å²) in [6.45, 7) is 4.62. The zero-order chi connectivity index (χ0) is 47.1. The van der Waals surface area contributed by atoms with E-state index in [0.717, 1.165) is 44.9 Å². The molecule has 0 aromatic heterocycles. The largest absolute Gasteiger partial charge is 0.756 e. The molecule has 0 spiro atoms. The third kappa shape index (κ3) is 48.4. The van der Waals surface area contributed by atoms with Crippen LogP contribution >= 0.6 is 7.82 Å². The Balaban J connectivity index is 4.20. The molecule has 3 atom stereocenters. The highest BCUT2D eigenvalue weighted by Crippen LogP contribution is 2.38. The van der Waals surface area contributed by atoms with Crippen molar-refractivity contribution in [1.29, 1.82) is 0 Å². The molecule has 0 aromatic carbocycles. The number of phosphoric acid groups is 1. The van der Waals surface area contributed by atoms with Gasteiger partial charge in [0.1, 0.15) is 13.2 Å². The average molecular weight is 921 g/mol. The Kier molecular flexibility index (Phi) is 45.4. The molecular formula is C55H105N2O6P. The molecule has 3 unspecified atom stereocenters. The molecule has 0 aliphatic rings. The van der Waals surface area contributed by atoms with Gasteiger partial charge >= 0.3 is 0 Å². The van der Waals surface area contributed by atoms with Crippen molar-refractivity contribution in [1.82, 2.24) is 5.32 Å². The number of aliphatic hydroxyl groups excluding tert-OH is 1. The lowest BCUT2D eigenvalue weighted by Crippen LogP contribution is -2.45. The molecule has 2 N–H and O–H groups in total. The van der Waals surface area contributed by atoms with E-state index < -0.39 is 26.6 Å². The quantitative estimate of drug-likeness (QED) is 0.0272. The molecule has 0 saturated heterocycles. The van der Waals surface area contributed by atoms with Crippen LogP contribution in [0.5, 0.6) is 0 Å². The predicted octanol–water partition coefficient (Wildman–Crippen LogP) is 15.3. The maximum absolute atomic E-state index is 12.9. The first-order valence-corrected chi connectivity index (χ1v) is 28.5. The first kappa shape index (κ1) is 62.5. The monoisotopic (exact) mass is 921 g/mol. The molecule has 64 heavy (non-hydrogen) atoms. The van der Waals surface area contributed by atoms with E-state index in [-0.39, 0.29) is 12.5 Å². The van der Waals surface area contributed by atoms with Crippen molar-refractivity contribution >= 4 is 13.7 Å². The van der Waals surface area contributed by atoms with Gasteiger partial charge in [0, 0.05) is 6.42 Å². The summed E-state index contributed by atoms with van der Waals surface area (Å²) in [5, 5.41) is 13.8. The van der Waals surface area contributed by atoms with Crippen molar-refractivity contribution in [2.75, 3.05) is 40.9 Å². The number of hydrogen-bond acceptors (Lipinski definition) is 6. The second kappa shape index (κ2) is 46.6. The fourth-order valence-electron chi connectivity index (χ4n) is 7.73. The highest BCUT2D eigenvalue weighted by atomic mass is 31.2. The highest BCUT2D eigenvalue weighted by molar-refractivity contribution is 7.45. The van der Waals surface area contributed by atoms with Gasteiger partial charge in [0.2, 0.25) is 5.91 Å². The maximum Gasteiger partial charge on any atom is 0.268 e. The van der Waals surface area contributed by atoms with E-state index in [1.807, 2.05) is 27.2 Å². The van der Waals surface area contributed by atoms with Gasteiger partial charge < -0.3 is 28.8 Å². The van der Waals surface area contributed by atoms with Crippen molar-refractivity contribution in [2.24, 2.45) is 0 Å². The Labute approximate surface area is 397 Å². The summed E-state index contributed by atoms with van der Waals surface area (Å²) in [7, 11) is 1.25. The van der Waals surface area contributed by atoms with Crippen LogP contribution < -0.4 is 10.2 Å². The fourth-order valence-corrected chi connectivity index (χ4v) is 8.45. The van der Waals surface area contributed by atoms with Crippen molar-refractivity contribution in [2.45, 2.75) is 257 Å². The van der Waals surface area contributed by atoms with Crippen molar-refractivity contribution in [3.05, 3.63) is 48.6 Å². The number of likely N-dealkylation sites (N-methyl/N-ethyl adjacent to an activating group) is 1. The lowest BCUT2D eigenvalue weighted by Gasteiger charge is -2.29. The topological polar surface area (TPSA) is 108 Å². The van der Waals surface area contributed by atoms with Gasteiger partial charge in [-0.15, -0.1) is 0 Å². The predicted molar refractivity (Wildman–Crippen MR) is 274 cm³/mol. The van der Waals surface area contributed by atoms with Crippen LogP contribution in [0.15, 0.2) is 48.6 Å². The van der Waals surface area contributed by atoms with Gasteiger partial charge in [-0.3, -0.25) is 9.36 Å². The summed E-state index contributed by atoms with van der Waals surface area (Å²) in [4.78, 5) is 25.4. The van der Waals surface area contributed by atoms with Crippen LogP contribution in [0.2, 0.25) is 0 Å². The van der Waals surface area contributed by atoms with Gasteiger partial charge in [-0.25, -0.2) is 0 Å². The first-order valence-electron chi connectivity index (χ1n) is 27.0. The molecule has 0 aliphatic carbocycles. The Bertz CT molecular complexity index is 1180. The van der Waals surface area contributed by atoms with Gasteiger partial charge in [0.25, 0.3) is 7.82 Å². The summed E-state index contributed by atoms with van der Waals surface area (Å²) in [6.07, 6.45) is 60.4. The number of phosphoric ester groups is 1. The van der Waals surface area contributed by atoms with Gasteiger partial charge in [-0.1, -0.05) is 223 Å². The Morgan fingerprint density at radius 1 is 0.547 bits per heavy atom. The van der Waals surface area contributed by atoms with Crippen molar-refractivity contribution in [3.63, 3.8) is 0 Å². The summed E-state index contributed by atoms with van der Waals surface area (Å²) in [5.41, 5.74) is 0. The molecule has 376 valence electrons. The van der Waals surface area contributed by atoms with E-state index in [1.165, 1.54) is 180 Å². The number of nitrogens with zero attached hydrogens (tertiary/aromatic N) is 1. The number of amides is 1. The zero-order valence-electron chi connectivity index (χ0n) is 42.7. The van der Waals surface area contributed by atoms with Crippen LogP contribution in [0, 0.1) is 0 Å². The van der Waals surface area contributed by atoms with Gasteiger partial charge in [0.05, 0.1) is 39.9 Å². The van der Waals surface area contributed by atoms with Crippen molar-refractivity contribution in [3.8, 4) is 0 Å². The summed E-state index contributed by atoms with van der Waals surface area (Å²) in [5.74, 6) is -0.207. The van der Waals surface area contributed by atoms with Crippen LogP contribution in [0.25, 0.3) is 0 Å². The molecule has 9 heteroatoms. The molecule has 0 aromatic rings. The van der Waals surface area contributed by atoms with E-state index in [4.69, 9.17) is 9.05 Å². The van der Waals surface area contributed by atoms with Crippen LogP contribution in [0.3, 0.4) is 0 Å². The van der Waals surface area contributed by atoms with Crippen LogP contribution in [-0.4, -0.2) is 68.5 Å². The van der Waals surface area contributed by atoms with E-state index in [2.05, 4.69) is 55.6 Å². The zero-order valence-corrected chi connectivity index (χ0v) is 43.6. The number of rotatable bonds is 49. The van der Waals surface area contributed by atoms with Gasteiger partial charge in [0.15, 0.2) is 0 Å². The Hall–Kier alpha value is -1.54. The molecule has 0 rings (SSSR count). The fraction of sp³-hybridized carbons (Fsp3) is 0.836. The normalized spacial score (nSPS) is 14.4. The molecule has 0 bridgehead atoms. The summed E-state index contributed by atoms with van der Waals surface area (Å²) in [6, 6.07) is -0.903. The second-order valence-corrected chi connectivity index (χ2v) is 21.0. The second-order valence-electron chi connectivity index (χ2n) is 19.6. The first-order chi connectivity index (χ1) is 31.0. The number of quaternary nitrogens is 1. The lowest BCUT2D eigenvalue weighted by atomic mass is 10.0. The van der Waals surface area contributed by atoms with Gasteiger partial charge in [-0.2, -0.15) is 0 Å². The third-order valence-corrected chi connectivity index (χ3v) is 13.0. The lowest BCUT2D eigenvalue weighted by molar-refractivity contribution is -0.870. The van der Waals surface area contributed by atoms with Crippen LogP contribution in [0.4, 0.5) is 0 Å². The number of allylic oxidation sites excluding steroid dienone is 7. The molecule has 0 heterocycles. The number of unbranched alkanes of at least 4 members (excludes halogenated alkanes) is 30. The summed E-state index contributed by atoms with van der Waals surface area (Å²) >= 11 is 0. The molecule has 0 radical (unpaired) electrons. The molecular weight excluding hydrogens is 816 g/mol. The molecule has 8 nitrogen and oxygen atoms in total. The SMILES string of the molecule is CCCCCCC/C=C\C/C=C\CCCCCCCCCCCCCCCCCC(=O)NC(COP(=O)([O-])OCC[N+](C)(C)C)C(O)/C=C/CC/C=C/CCCCCCCCCCC. The van der Waals surface area contributed by atoms with E-state index in [9.17, 15) is 19.4 Å². The molecule has 0 aliphatic heterocycles. The Morgan fingerprint density at radius 3 is 1.36 bits per heavy atom. The number of carbonyl (C=O) groups is 1. The number of nitrogens with one attached hydrogen (secondary N) is 1. The van der Waals surface area contributed by atoms with Crippen molar-refractivity contribution < 1.29 is 32.9 Å². The molecule has 0 saturated carbocycles. The molecule has 0 fully saturated rings. The van der Waals surface area contributed by atoms with E-state index in [0.29, 0.717) is 17.4 Å². The minimum atomic E-state index is -4.60. The standard InChI is InChI=1S/C55H105N2O6P/c1-6-8-10-12-14-16-18-20-22-23-24-25-26-27-28-29-30-31-32-33-35-37-39-41-43-45-47-49-55(59)56-53(52-63-64(60,61)62-51-50-57(3,4)5)54(58)48-46-44-42-40-38-36-34-21-19-17-15-13-11-9-7-2/h18,20,23-24,38,40,46,48,53-54,58H,6-17,19,21-22,25-37,39,41-45,47,49-52H2,1-5H3,(H-,56,59,60,61)/b20-18-,24-23-,40-38+,48-46+. The minimum absolute atomic E-state index is 0.00651. The van der Waals surface area contributed by atoms with Crippen LogP contribution in [-0.2, 0) is 18.4 Å². The average Bonchev–Trinajstić information content (AvgIpc) is 3.25. The summed E-state index contributed by atoms with van der Waals surface area (Å²) < 4.78 is 23.3. The van der Waals surface area contributed by atoms with Crippen LogP contribution in [0.1, 0.15) is 245 Å². The van der Waals surface area contributed by atoms with Gasteiger partial charge in [-0.05, 0) is 64.2 Å². The number of hydrogen-bond donors (Lipinski definition) is 2. The molecule has 1 amide bonds. The third-order valence-electron chi connectivity index (χ3n) is 12.0. The van der Waals surface area contributed by atoms with E-state index >= 15 is 0 Å². The highest BCUT2D eigenvalue weighted by Gasteiger charge is 2.23. The Morgan fingerprint density at radius 2 is 0.922 bits per heavy atom.